The molecule has 0 saturated carbocycles. The van der Waals surface area contributed by atoms with Gasteiger partial charge in [0.2, 0.25) is 0 Å². The molecule has 1 aromatic carbocycles. The van der Waals surface area contributed by atoms with Crippen molar-refractivity contribution in [3.8, 4) is 0 Å². The van der Waals surface area contributed by atoms with Crippen LogP contribution in [0.5, 0.6) is 0 Å². The maximum Gasteiger partial charge on any atom is 0.253 e. The zero-order valence-corrected chi connectivity index (χ0v) is 9.69. The fourth-order valence-corrected chi connectivity index (χ4v) is 1.51. The van der Waals surface area contributed by atoms with E-state index in [1.807, 2.05) is 30.3 Å². The zero-order chi connectivity index (χ0) is 12.1. The van der Waals surface area contributed by atoms with Crippen molar-refractivity contribution in [3.63, 3.8) is 0 Å². The molecule has 0 spiro atoms. The predicted molar refractivity (Wildman–Crippen MR) is 64.7 cm³/mol. The van der Waals surface area contributed by atoms with E-state index in [-0.39, 0.29) is 11.1 Å². The van der Waals surface area contributed by atoms with Gasteiger partial charge in [-0.15, -0.1) is 5.10 Å². The van der Waals surface area contributed by atoms with Crippen molar-refractivity contribution in [1.29, 1.82) is 0 Å². The first-order chi connectivity index (χ1) is 8.25. The molecule has 0 atom stereocenters. The molecule has 5 heteroatoms. The van der Waals surface area contributed by atoms with Gasteiger partial charge in [0, 0.05) is 6.54 Å². The molecule has 2 rings (SSSR count). The Bertz CT molecular complexity index is 516. The molecule has 86 valence electrons. The van der Waals surface area contributed by atoms with Crippen molar-refractivity contribution in [3.05, 3.63) is 58.9 Å². The van der Waals surface area contributed by atoms with Crippen molar-refractivity contribution in [1.82, 2.24) is 15.5 Å². The van der Waals surface area contributed by atoms with Crippen molar-refractivity contribution in [2.75, 3.05) is 0 Å². The monoisotopic (exact) mass is 247 g/mol. The van der Waals surface area contributed by atoms with E-state index in [9.17, 15) is 4.79 Å². The summed E-state index contributed by atoms with van der Waals surface area (Å²) in [6.45, 7) is 0.472. The van der Waals surface area contributed by atoms with E-state index in [0.717, 1.165) is 5.56 Å². The van der Waals surface area contributed by atoms with Gasteiger partial charge in [-0.3, -0.25) is 4.79 Å². The normalized spacial score (nSPS) is 9.94. The van der Waals surface area contributed by atoms with Crippen LogP contribution in [-0.2, 0) is 6.54 Å². The lowest BCUT2D eigenvalue weighted by Crippen LogP contribution is -2.23. The molecule has 17 heavy (non-hydrogen) atoms. The molecule has 4 nitrogen and oxygen atoms in total. The van der Waals surface area contributed by atoms with Gasteiger partial charge >= 0.3 is 0 Å². The highest BCUT2D eigenvalue weighted by molar-refractivity contribution is 6.29. The average Bonchev–Trinajstić information content (AvgIpc) is 2.37. The van der Waals surface area contributed by atoms with Crippen molar-refractivity contribution in [2.45, 2.75) is 6.54 Å². The molecular weight excluding hydrogens is 238 g/mol. The van der Waals surface area contributed by atoms with Gasteiger partial charge in [0.1, 0.15) is 0 Å². The van der Waals surface area contributed by atoms with Gasteiger partial charge in [0.15, 0.2) is 5.15 Å². The topological polar surface area (TPSA) is 54.9 Å². The standard InChI is InChI=1S/C12H10ClN3O/c13-11-6-10(8-15-16-11)12(17)14-7-9-4-2-1-3-5-9/h1-6,8H,7H2,(H,14,17). The minimum Gasteiger partial charge on any atom is -0.348 e. The number of nitrogens with one attached hydrogen (secondary N) is 1. The second kappa shape index (κ2) is 5.41. The molecule has 1 heterocycles. The number of amides is 1. The molecule has 0 aliphatic rings. The molecule has 0 aliphatic heterocycles. The average molecular weight is 248 g/mol. The number of benzene rings is 1. The van der Waals surface area contributed by atoms with Gasteiger partial charge in [-0.05, 0) is 11.6 Å². The maximum atomic E-state index is 11.7. The number of carbonyl (C=O) groups excluding carboxylic acids is 1. The molecule has 0 saturated heterocycles. The zero-order valence-electron chi connectivity index (χ0n) is 8.93. The molecule has 0 radical (unpaired) electrons. The minimum atomic E-state index is -0.217. The first-order valence-electron chi connectivity index (χ1n) is 5.06. The Morgan fingerprint density at radius 3 is 2.76 bits per heavy atom. The van der Waals surface area contributed by atoms with Crippen LogP contribution < -0.4 is 5.32 Å². The van der Waals surface area contributed by atoms with E-state index in [0.29, 0.717) is 12.1 Å². The number of rotatable bonds is 3. The van der Waals surface area contributed by atoms with Gasteiger partial charge < -0.3 is 5.32 Å². The Morgan fingerprint density at radius 2 is 2.06 bits per heavy atom. The summed E-state index contributed by atoms with van der Waals surface area (Å²) in [7, 11) is 0. The SMILES string of the molecule is O=C(NCc1ccccc1)c1cnnc(Cl)c1. The second-order valence-corrected chi connectivity index (χ2v) is 3.82. The van der Waals surface area contributed by atoms with Crippen molar-refractivity contribution < 1.29 is 4.79 Å². The van der Waals surface area contributed by atoms with Crippen LogP contribution in [0.25, 0.3) is 0 Å². The first kappa shape index (κ1) is 11.5. The lowest BCUT2D eigenvalue weighted by Gasteiger charge is -2.04. The van der Waals surface area contributed by atoms with Crippen LogP contribution in [0.2, 0.25) is 5.15 Å². The molecule has 2 aromatic rings. The molecule has 0 fully saturated rings. The number of hydrogen-bond acceptors (Lipinski definition) is 3. The van der Waals surface area contributed by atoms with Gasteiger partial charge in [0.05, 0.1) is 11.8 Å². The molecule has 1 N–H and O–H groups in total. The third-order valence-electron chi connectivity index (χ3n) is 2.18. The van der Waals surface area contributed by atoms with Crippen LogP contribution in [0, 0.1) is 0 Å². The third-order valence-corrected chi connectivity index (χ3v) is 2.37. The Morgan fingerprint density at radius 1 is 1.29 bits per heavy atom. The summed E-state index contributed by atoms with van der Waals surface area (Å²) >= 11 is 5.65. The van der Waals surface area contributed by atoms with Crippen LogP contribution in [0.3, 0.4) is 0 Å². The summed E-state index contributed by atoms with van der Waals surface area (Å²) in [4.78, 5) is 11.7. The molecule has 1 amide bonds. The van der Waals surface area contributed by atoms with E-state index in [1.165, 1.54) is 12.3 Å². The van der Waals surface area contributed by atoms with E-state index in [2.05, 4.69) is 15.5 Å². The van der Waals surface area contributed by atoms with Crippen molar-refractivity contribution in [2.24, 2.45) is 0 Å². The summed E-state index contributed by atoms with van der Waals surface area (Å²) < 4.78 is 0. The van der Waals surface area contributed by atoms with Crippen LogP contribution in [0.15, 0.2) is 42.6 Å². The van der Waals surface area contributed by atoms with Gasteiger partial charge in [0.25, 0.3) is 5.91 Å². The second-order valence-electron chi connectivity index (χ2n) is 3.44. The van der Waals surface area contributed by atoms with E-state index >= 15 is 0 Å². The quantitative estimate of drug-likeness (QED) is 0.903. The molecular formula is C12H10ClN3O. The lowest BCUT2D eigenvalue weighted by molar-refractivity contribution is 0.0950. The van der Waals surface area contributed by atoms with Crippen molar-refractivity contribution >= 4 is 17.5 Å². The number of nitrogens with zero attached hydrogens (tertiary/aromatic N) is 2. The Labute approximate surface area is 104 Å². The summed E-state index contributed by atoms with van der Waals surface area (Å²) in [6.07, 6.45) is 1.38. The van der Waals surface area contributed by atoms with E-state index in [1.54, 1.807) is 0 Å². The van der Waals surface area contributed by atoms with Crippen LogP contribution in [-0.4, -0.2) is 16.1 Å². The highest BCUT2D eigenvalue weighted by atomic mass is 35.5. The first-order valence-corrected chi connectivity index (χ1v) is 5.44. The number of carbonyl (C=O) groups is 1. The molecule has 0 aliphatic carbocycles. The summed E-state index contributed by atoms with van der Waals surface area (Å²) in [6, 6.07) is 11.1. The Hall–Kier alpha value is -1.94. The molecule has 1 aromatic heterocycles. The van der Waals surface area contributed by atoms with E-state index < -0.39 is 0 Å². The summed E-state index contributed by atoms with van der Waals surface area (Å²) in [5, 5.41) is 10.2. The number of aromatic nitrogens is 2. The molecule has 0 unspecified atom stereocenters. The predicted octanol–water partition coefficient (Wildman–Crippen LogP) is 2.06. The third kappa shape index (κ3) is 3.26. The van der Waals surface area contributed by atoms with Gasteiger partial charge in [-0.1, -0.05) is 41.9 Å². The van der Waals surface area contributed by atoms with Crippen LogP contribution in [0.1, 0.15) is 15.9 Å². The summed E-state index contributed by atoms with van der Waals surface area (Å²) in [5.41, 5.74) is 1.44. The minimum absolute atomic E-state index is 0.206. The smallest absolute Gasteiger partial charge is 0.253 e. The fourth-order valence-electron chi connectivity index (χ4n) is 1.35. The molecule has 0 bridgehead atoms. The van der Waals surface area contributed by atoms with Crippen LogP contribution >= 0.6 is 11.6 Å². The maximum absolute atomic E-state index is 11.7. The van der Waals surface area contributed by atoms with Gasteiger partial charge in [-0.2, -0.15) is 5.10 Å². The van der Waals surface area contributed by atoms with Gasteiger partial charge in [-0.25, -0.2) is 0 Å². The number of halogens is 1. The van der Waals surface area contributed by atoms with E-state index in [4.69, 9.17) is 11.6 Å². The fraction of sp³-hybridized carbons (Fsp3) is 0.0833. The Balaban J connectivity index is 1.98. The highest BCUT2D eigenvalue weighted by Gasteiger charge is 2.06. The summed E-state index contributed by atoms with van der Waals surface area (Å²) in [5.74, 6) is -0.217. The number of hydrogen-bond donors (Lipinski definition) is 1. The lowest BCUT2D eigenvalue weighted by atomic mass is 10.2. The largest absolute Gasteiger partial charge is 0.348 e. The highest BCUT2D eigenvalue weighted by Crippen LogP contribution is 2.05. The Kier molecular flexibility index (Phi) is 3.67. The van der Waals surface area contributed by atoms with Crippen LogP contribution in [0.4, 0.5) is 0 Å².